The molecule has 1 amide bonds. The van der Waals surface area contributed by atoms with E-state index >= 15 is 0 Å². The summed E-state index contributed by atoms with van der Waals surface area (Å²) < 4.78 is 14.1. The van der Waals surface area contributed by atoms with Crippen molar-refractivity contribution in [1.29, 1.82) is 0 Å². The van der Waals surface area contributed by atoms with Crippen molar-refractivity contribution in [1.82, 2.24) is 10.3 Å². The Balaban J connectivity index is 1.91. The normalized spacial score (nSPS) is 10.3. The first-order valence-electron chi connectivity index (χ1n) is 5.27. The van der Waals surface area contributed by atoms with Crippen LogP contribution >= 0.6 is 27.3 Å². The molecule has 0 aliphatic carbocycles. The molecule has 1 heterocycles. The molecular formula is C12H10BrFN2OS. The van der Waals surface area contributed by atoms with Crippen molar-refractivity contribution in [2.45, 2.75) is 6.42 Å². The fourth-order valence-corrected chi connectivity index (χ4v) is 2.36. The van der Waals surface area contributed by atoms with Crippen LogP contribution in [-0.4, -0.2) is 17.4 Å². The number of benzene rings is 1. The number of hydrogen-bond donors (Lipinski definition) is 1. The van der Waals surface area contributed by atoms with Crippen molar-refractivity contribution in [3.8, 4) is 0 Å². The molecule has 0 aliphatic heterocycles. The molecule has 2 rings (SSSR count). The summed E-state index contributed by atoms with van der Waals surface area (Å²) in [6.07, 6.45) is 0.646. The maximum Gasteiger partial charge on any atom is 0.254 e. The lowest BCUT2D eigenvalue weighted by Crippen LogP contribution is -2.26. The van der Waals surface area contributed by atoms with E-state index in [1.54, 1.807) is 11.6 Å². The number of amides is 1. The van der Waals surface area contributed by atoms with Crippen LogP contribution in [0.5, 0.6) is 0 Å². The first-order valence-corrected chi connectivity index (χ1v) is 7.00. The van der Waals surface area contributed by atoms with Crippen LogP contribution in [-0.2, 0) is 6.42 Å². The quantitative estimate of drug-likeness (QED) is 0.937. The van der Waals surface area contributed by atoms with E-state index in [0.717, 1.165) is 5.69 Å². The molecule has 0 unspecified atom stereocenters. The highest BCUT2D eigenvalue weighted by atomic mass is 79.9. The van der Waals surface area contributed by atoms with E-state index in [-0.39, 0.29) is 5.56 Å². The standard InChI is InChI=1S/C12H10BrFN2OS/c13-8-1-2-10(11(14)5-8)12(17)15-4-3-9-6-18-7-16-9/h1-2,5-7H,3-4H2,(H,15,17). The van der Waals surface area contributed by atoms with Gasteiger partial charge in [0.2, 0.25) is 0 Å². The van der Waals surface area contributed by atoms with Gasteiger partial charge in [-0.05, 0) is 18.2 Å². The maximum atomic E-state index is 13.5. The second kappa shape index (κ2) is 6.06. The number of rotatable bonds is 4. The summed E-state index contributed by atoms with van der Waals surface area (Å²) in [5.74, 6) is -0.939. The molecule has 0 spiro atoms. The monoisotopic (exact) mass is 328 g/mol. The fraction of sp³-hybridized carbons (Fsp3) is 0.167. The van der Waals surface area contributed by atoms with Gasteiger partial charge < -0.3 is 5.32 Å². The van der Waals surface area contributed by atoms with E-state index in [1.165, 1.54) is 23.5 Å². The van der Waals surface area contributed by atoms with Crippen LogP contribution in [0.4, 0.5) is 4.39 Å². The van der Waals surface area contributed by atoms with Crippen LogP contribution in [0.1, 0.15) is 16.1 Å². The van der Waals surface area contributed by atoms with E-state index in [2.05, 4.69) is 26.2 Å². The number of aromatic nitrogens is 1. The Morgan fingerprint density at radius 3 is 3.00 bits per heavy atom. The van der Waals surface area contributed by atoms with Crippen molar-refractivity contribution < 1.29 is 9.18 Å². The van der Waals surface area contributed by atoms with E-state index in [4.69, 9.17) is 0 Å². The largest absolute Gasteiger partial charge is 0.352 e. The van der Waals surface area contributed by atoms with Gasteiger partial charge in [-0.1, -0.05) is 15.9 Å². The number of carbonyl (C=O) groups is 1. The van der Waals surface area contributed by atoms with Crippen molar-refractivity contribution in [2.75, 3.05) is 6.54 Å². The zero-order valence-electron chi connectivity index (χ0n) is 9.32. The molecule has 0 bridgehead atoms. The zero-order valence-corrected chi connectivity index (χ0v) is 11.7. The van der Waals surface area contributed by atoms with Gasteiger partial charge in [0.1, 0.15) is 5.82 Å². The predicted molar refractivity (Wildman–Crippen MR) is 72.3 cm³/mol. The smallest absolute Gasteiger partial charge is 0.254 e. The molecule has 0 aliphatic rings. The molecule has 0 saturated carbocycles. The highest BCUT2D eigenvalue weighted by Gasteiger charge is 2.11. The van der Waals surface area contributed by atoms with Crippen molar-refractivity contribution >= 4 is 33.2 Å². The first kappa shape index (κ1) is 13.2. The third-order valence-electron chi connectivity index (χ3n) is 2.33. The number of halogens is 2. The second-order valence-corrected chi connectivity index (χ2v) is 5.24. The molecule has 3 nitrogen and oxygen atoms in total. The summed E-state index contributed by atoms with van der Waals surface area (Å²) in [6, 6.07) is 4.37. The van der Waals surface area contributed by atoms with Gasteiger partial charge in [-0.25, -0.2) is 9.37 Å². The third kappa shape index (κ3) is 3.36. The lowest BCUT2D eigenvalue weighted by atomic mass is 10.2. The predicted octanol–water partition coefficient (Wildman–Crippen LogP) is 3.02. The van der Waals surface area contributed by atoms with Gasteiger partial charge in [-0.3, -0.25) is 4.79 Å². The van der Waals surface area contributed by atoms with Crippen molar-refractivity contribution in [2.24, 2.45) is 0 Å². The number of nitrogens with zero attached hydrogens (tertiary/aromatic N) is 1. The molecule has 6 heteroatoms. The van der Waals surface area contributed by atoms with Crippen LogP contribution < -0.4 is 5.32 Å². The van der Waals surface area contributed by atoms with Crippen LogP contribution in [0.25, 0.3) is 0 Å². The van der Waals surface area contributed by atoms with Gasteiger partial charge in [-0.15, -0.1) is 11.3 Å². The Kier molecular flexibility index (Phi) is 4.43. The highest BCUT2D eigenvalue weighted by molar-refractivity contribution is 9.10. The zero-order chi connectivity index (χ0) is 13.0. The topological polar surface area (TPSA) is 42.0 Å². The first-order chi connectivity index (χ1) is 8.66. The minimum absolute atomic E-state index is 0.0523. The minimum atomic E-state index is -0.532. The van der Waals surface area contributed by atoms with Gasteiger partial charge in [0.15, 0.2) is 0 Å². The average Bonchev–Trinajstić information content (AvgIpc) is 2.81. The number of nitrogens with one attached hydrogen (secondary N) is 1. The summed E-state index contributed by atoms with van der Waals surface area (Å²) in [4.78, 5) is 15.8. The van der Waals surface area contributed by atoms with Crippen LogP contribution in [0, 0.1) is 5.82 Å². The summed E-state index contributed by atoms with van der Waals surface area (Å²) >= 11 is 4.66. The fourth-order valence-electron chi connectivity index (χ4n) is 1.43. The van der Waals surface area contributed by atoms with Crippen LogP contribution in [0.2, 0.25) is 0 Å². The SMILES string of the molecule is O=C(NCCc1cscn1)c1ccc(Br)cc1F. The van der Waals surface area contributed by atoms with Gasteiger partial charge >= 0.3 is 0 Å². The van der Waals surface area contributed by atoms with Gasteiger partial charge in [0.05, 0.1) is 16.8 Å². The third-order valence-corrected chi connectivity index (χ3v) is 3.45. The molecule has 0 fully saturated rings. The molecule has 94 valence electrons. The van der Waals surface area contributed by atoms with E-state index in [1.807, 2.05) is 5.38 Å². The van der Waals surface area contributed by atoms with Gasteiger partial charge in [-0.2, -0.15) is 0 Å². The molecular weight excluding hydrogens is 319 g/mol. The van der Waals surface area contributed by atoms with Crippen molar-refractivity contribution in [3.63, 3.8) is 0 Å². The lowest BCUT2D eigenvalue weighted by molar-refractivity contribution is 0.0950. The Labute approximate surface area is 116 Å². The van der Waals surface area contributed by atoms with Crippen LogP contribution in [0.3, 0.4) is 0 Å². The Morgan fingerprint density at radius 2 is 2.33 bits per heavy atom. The molecule has 0 radical (unpaired) electrons. The van der Waals surface area contributed by atoms with E-state index in [0.29, 0.717) is 17.4 Å². The molecule has 18 heavy (non-hydrogen) atoms. The minimum Gasteiger partial charge on any atom is -0.352 e. The Hall–Kier alpha value is -1.27. The summed E-state index contributed by atoms with van der Waals surface area (Å²) in [5.41, 5.74) is 2.72. The second-order valence-electron chi connectivity index (χ2n) is 3.61. The maximum absolute atomic E-state index is 13.5. The number of carbonyl (C=O) groups excluding carboxylic acids is 1. The summed E-state index contributed by atoms with van der Waals surface area (Å²) in [7, 11) is 0. The van der Waals surface area contributed by atoms with Gasteiger partial charge in [0.25, 0.3) is 5.91 Å². The van der Waals surface area contributed by atoms with E-state index in [9.17, 15) is 9.18 Å². The molecule has 1 N–H and O–H groups in total. The Morgan fingerprint density at radius 1 is 1.50 bits per heavy atom. The lowest BCUT2D eigenvalue weighted by Gasteiger charge is -2.05. The molecule has 1 aromatic heterocycles. The number of thiazole rings is 1. The molecule has 0 saturated heterocycles. The summed E-state index contributed by atoms with van der Waals surface area (Å²) in [6.45, 7) is 0.443. The highest BCUT2D eigenvalue weighted by Crippen LogP contribution is 2.15. The molecule has 0 atom stereocenters. The van der Waals surface area contributed by atoms with Gasteiger partial charge in [0, 0.05) is 22.8 Å². The molecule has 2 aromatic rings. The Bertz CT molecular complexity index is 545. The van der Waals surface area contributed by atoms with Crippen LogP contribution in [0.15, 0.2) is 33.6 Å². The summed E-state index contributed by atoms with van der Waals surface area (Å²) in [5, 5.41) is 4.59. The molecule has 1 aromatic carbocycles. The van der Waals surface area contributed by atoms with E-state index < -0.39 is 11.7 Å². The number of hydrogen-bond acceptors (Lipinski definition) is 3. The average molecular weight is 329 g/mol. The van der Waals surface area contributed by atoms with Crippen molar-refractivity contribution in [3.05, 3.63) is 50.6 Å².